The van der Waals surface area contributed by atoms with Gasteiger partial charge in [-0.1, -0.05) is 17.7 Å². The number of guanidine groups is 1. The molecule has 7 heteroatoms. The molecule has 0 aliphatic carbocycles. The Hall–Kier alpha value is -0.600. The minimum atomic E-state index is -0.297. The zero-order valence-electron chi connectivity index (χ0n) is 12.8. The third kappa shape index (κ3) is 5.24. The highest BCUT2D eigenvalue weighted by molar-refractivity contribution is 14.0. The summed E-state index contributed by atoms with van der Waals surface area (Å²) in [5, 5.41) is 3.73. The Bertz CT molecular complexity index is 489. The molecule has 1 unspecified atom stereocenters. The van der Waals surface area contributed by atoms with Crippen LogP contribution in [0.1, 0.15) is 12.0 Å². The molecule has 1 heterocycles. The molecule has 0 radical (unpaired) electrons. The molecule has 0 spiro atoms. The van der Waals surface area contributed by atoms with Gasteiger partial charge in [-0.05, 0) is 18.6 Å². The Balaban J connectivity index is 0.00000242. The van der Waals surface area contributed by atoms with Crippen LogP contribution in [0, 0.1) is 11.7 Å². The van der Waals surface area contributed by atoms with Gasteiger partial charge in [0.05, 0.1) is 6.61 Å². The first-order valence-corrected chi connectivity index (χ1v) is 7.42. The molecule has 124 valence electrons. The summed E-state index contributed by atoms with van der Waals surface area (Å²) in [6, 6.07) is 4.72. The Morgan fingerprint density at radius 2 is 2.32 bits per heavy atom. The van der Waals surface area contributed by atoms with Gasteiger partial charge >= 0.3 is 0 Å². The lowest BCUT2D eigenvalue weighted by Crippen LogP contribution is -2.41. The van der Waals surface area contributed by atoms with Crippen molar-refractivity contribution in [3.63, 3.8) is 0 Å². The van der Waals surface area contributed by atoms with E-state index < -0.39 is 0 Å². The van der Waals surface area contributed by atoms with Crippen LogP contribution in [0.5, 0.6) is 0 Å². The molecule has 0 aromatic heterocycles. The minimum Gasteiger partial charge on any atom is -0.381 e. The second kappa shape index (κ2) is 9.52. The Kier molecular flexibility index (Phi) is 8.41. The van der Waals surface area contributed by atoms with Crippen LogP contribution in [0.4, 0.5) is 4.39 Å². The standard InChI is InChI=1S/C15H21ClFN3O.HI/c1-18-15(19-8-11-6-7-21-10-11)20(2)9-12-13(16)4-3-5-14(12)17;/h3-5,11H,6-10H2,1-2H3,(H,18,19);1H. The fourth-order valence-corrected chi connectivity index (χ4v) is 2.58. The Morgan fingerprint density at radius 1 is 1.55 bits per heavy atom. The second-order valence-corrected chi connectivity index (χ2v) is 5.62. The quantitative estimate of drug-likeness (QED) is 0.443. The number of rotatable bonds is 4. The molecule has 2 rings (SSSR count). The van der Waals surface area contributed by atoms with E-state index in [4.69, 9.17) is 16.3 Å². The third-order valence-electron chi connectivity index (χ3n) is 3.60. The monoisotopic (exact) mass is 441 g/mol. The molecular weight excluding hydrogens is 420 g/mol. The van der Waals surface area contributed by atoms with E-state index in [-0.39, 0.29) is 29.8 Å². The number of hydrogen-bond acceptors (Lipinski definition) is 2. The second-order valence-electron chi connectivity index (χ2n) is 5.21. The van der Waals surface area contributed by atoms with E-state index in [1.54, 1.807) is 19.2 Å². The largest absolute Gasteiger partial charge is 0.381 e. The van der Waals surface area contributed by atoms with Crippen LogP contribution in [0.2, 0.25) is 5.02 Å². The summed E-state index contributed by atoms with van der Waals surface area (Å²) in [4.78, 5) is 6.09. The first-order valence-electron chi connectivity index (χ1n) is 7.04. The molecule has 0 saturated carbocycles. The van der Waals surface area contributed by atoms with Gasteiger partial charge in [0.2, 0.25) is 0 Å². The molecule has 1 fully saturated rings. The van der Waals surface area contributed by atoms with E-state index in [9.17, 15) is 4.39 Å². The highest BCUT2D eigenvalue weighted by Gasteiger charge is 2.17. The summed E-state index contributed by atoms with van der Waals surface area (Å²) in [6.07, 6.45) is 1.06. The highest BCUT2D eigenvalue weighted by atomic mass is 127. The van der Waals surface area contributed by atoms with Crippen LogP contribution < -0.4 is 5.32 Å². The van der Waals surface area contributed by atoms with Crippen molar-refractivity contribution in [2.75, 3.05) is 33.9 Å². The van der Waals surface area contributed by atoms with E-state index in [1.807, 2.05) is 11.9 Å². The van der Waals surface area contributed by atoms with Crippen molar-refractivity contribution in [3.05, 3.63) is 34.6 Å². The van der Waals surface area contributed by atoms with Gasteiger partial charge in [-0.2, -0.15) is 0 Å². The van der Waals surface area contributed by atoms with E-state index >= 15 is 0 Å². The van der Waals surface area contributed by atoms with Crippen LogP contribution in [0.3, 0.4) is 0 Å². The summed E-state index contributed by atoms with van der Waals surface area (Å²) in [6.45, 7) is 2.78. The lowest BCUT2D eigenvalue weighted by Gasteiger charge is -2.23. The van der Waals surface area contributed by atoms with Crippen molar-refractivity contribution in [2.24, 2.45) is 10.9 Å². The van der Waals surface area contributed by atoms with E-state index in [2.05, 4.69) is 10.3 Å². The normalized spacial score (nSPS) is 18.0. The average molecular weight is 442 g/mol. The SMILES string of the molecule is CN=C(NCC1CCOC1)N(C)Cc1c(F)cccc1Cl.I. The van der Waals surface area contributed by atoms with E-state index in [0.29, 0.717) is 23.0 Å². The van der Waals surface area contributed by atoms with Gasteiger partial charge < -0.3 is 15.0 Å². The first-order chi connectivity index (χ1) is 10.1. The van der Waals surface area contributed by atoms with Crippen molar-refractivity contribution in [2.45, 2.75) is 13.0 Å². The van der Waals surface area contributed by atoms with Crippen LogP contribution >= 0.6 is 35.6 Å². The van der Waals surface area contributed by atoms with Gasteiger partial charge in [0.25, 0.3) is 0 Å². The molecule has 1 aliphatic rings. The van der Waals surface area contributed by atoms with Crippen molar-refractivity contribution >= 4 is 41.5 Å². The average Bonchev–Trinajstić information content (AvgIpc) is 2.97. The van der Waals surface area contributed by atoms with Crippen LogP contribution in [-0.2, 0) is 11.3 Å². The fraction of sp³-hybridized carbons (Fsp3) is 0.533. The number of hydrogen-bond donors (Lipinski definition) is 1. The predicted molar refractivity (Wildman–Crippen MR) is 98.6 cm³/mol. The lowest BCUT2D eigenvalue weighted by atomic mass is 10.1. The fourth-order valence-electron chi connectivity index (χ4n) is 2.36. The van der Waals surface area contributed by atoms with Crippen LogP contribution in [0.15, 0.2) is 23.2 Å². The minimum absolute atomic E-state index is 0. The Morgan fingerprint density at radius 3 is 2.91 bits per heavy atom. The van der Waals surface area contributed by atoms with Crippen molar-refractivity contribution in [1.82, 2.24) is 10.2 Å². The van der Waals surface area contributed by atoms with Gasteiger partial charge in [-0.3, -0.25) is 4.99 Å². The number of ether oxygens (including phenoxy) is 1. The maximum atomic E-state index is 13.8. The number of nitrogens with zero attached hydrogens (tertiary/aromatic N) is 2. The van der Waals surface area contributed by atoms with E-state index in [0.717, 1.165) is 32.1 Å². The molecule has 0 amide bonds. The van der Waals surface area contributed by atoms with Crippen molar-refractivity contribution in [3.8, 4) is 0 Å². The van der Waals surface area contributed by atoms with Gasteiger partial charge in [0, 0.05) is 50.3 Å². The van der Waals surface area contributed by atoms with Crippen molar-refractivity contribution < 1.29 is 9.13 Å². The van der Waals surface area contributed by atoms with Gasteiger partial charge in [0.1, 0.15) is 5.82 Å². The lowest BCUT2D eigenvalue weighted by molar-refractivity contribution is 0.186. The molecule has 22 heavy (non-hydrogen) atoms. The molecule has 1 aromatic rings. The summed E-state index contributed by atoms with van der Waals surface area (Å²) >= 11 is 6.06. The van der Waals surface area contributed by atoms with Gasteiger partial charge in [0.15, 0.2) is 5.96 Å². The highest BCUT2D eigenvalue weighted by Crippen LogP contribution is 2.20. The molecule has 0 bridgehead atoms. The van der Waals surface area contributed by atoms with E-state index in [1.165, 1.54) is 6.07 Å². The molecule has 4 nitrogen and oxygen atoms in total. The topological polar surface area (TPSA) is 36.9 Å². The molecular formula is C15H22ClFIN3O. The van der Waals surface area contributed by atoms with Gasteiger partial charge in [-0.25, -0.2) is 4.39 Å². The van der Waals surface area contributed by atoms with Gasteiger partial charge in [-0.15, -0.1) is 24.0 Å². The van der Waals surface area contributed by atoms with Crippen molar-refractivity contribution in [1.29, 1.82) is 0 Å². The number of nitrogens with one attached hydrogen (secondary N) is 1. The Labute approximate surface area is 153 Å². The summed E-state index contributed by atoms with van der Waals surface area (Å²) in [5.74, 6) is 0.933. The molecule has 1 N–H and O–H groups in total. The molecule has 1 saturated heterocycles. The number of halogens is 3. The summed E-state index contributed by atoms with van der Waals surface area (Å²) in [7, 11) is 3.58. The molecule has 1 atom stereocenters. The first kappa shape index (κ1) is 19.4. The maximum absolute atomic E-state index is 13.8. The molecule has 1 aromatic carbocycles. The number of benzene rings is 1. The smallest absolute Gasteiger partial charge is 0.193 e. The maximum Gasteiger partial charge on any atom is 0.193 e. The van der Waals surface area contributed by atoms with Crippen LogP contribution in [0.25, 0.3) is 0 Å². The number of aliphatic imine (C=N–C) groups is 1. The van der Waals surface area contributed by atoms with Crippen LogP contribution in [-0.4, -0.2) is 44.7 Å². The zero-order chi connectivity index (χ0) is 15.2. The summed E-state index contributed by atoms with van der Waals surface area (Å²) in [5.41, 5.74) is 0.480. The third-order valence-corrected chi connectivity index (χ3v) is 3.96. The predicted octanol–water partition coefficient (Wildman–Crippen LogP) is 3.14. The molecule has 1 aliphatic heterocycles. The summed E-state index contributed by atoms with van der Waals surface area (Å²) < 4.78 is 19.2. The zero-order valence-corrected chi connectivity index (χ0v) is 15.9.